The number of nitrogens with one attached hydrogen (secondary N) is 2. The monoisotopic (exact) mass is 551 g/mol. The van der Waals surface area contributed by atoms with E-state index >= 15 is 0 Å². The van der Waals surface area contributed by atoms with Gasteiger partial charge in [-0.15, -0.1) is 5.06 Å². The molecular weight excluding hydrogens is 514 g/mol. The molecule has 0 aliphatic carbocycles. The fourth-order valence-corrected chi connectivity index (χ4v) is 4.67. The standard InChI is InChI=1S/C19H26N4O4.C10H11NO2/c1-5-14(27-23-8-6-7-22(4)9-10-23)12-15-13(2)11-16(26-15)19(3)17(24)20-18(25)21-19;1-11-6-7-3-4-8(13-2)5-9(7)10(11)12/h5,11-12H,1,6-10H2,2-4H3,(H2,20,21,24,25);3-5H,6H2,1-2H3/b14-12+;. The minimum absolute atomic E-state index is 0.0777. The summed E-state index contributed by atoms with van der Waals surface area (Å²) in [7, 11) is 5.50. The number of rotatable bonds is 6. The number of nitrogens with zero attached hydrogens (tertiary/aromatic N) is 3. The molecule has 4 amide bonds. The van der Waals surface area contributed by atoms with Gasteiger partial charge in [0.05, 0.1) is 7.11 Å². The van der Waals surface area contributed by atoms with Gasteiger partial charge in [-0.05, 0) is 69.3 Å². The van der Waals surface area contributed by atoms with Crippen molar-refractivity contribution in [2.45, 2.75) is 32.4 Å². The van der Waals surface area contributed by atoms with Crippen molar-refractivity contribution in [2.24, 2.45) is 0 Å². The third-order valence-electron chi connectivity index (χ3n) is 7.18. The van der Waals surface area contributed by atoms with E-state index in [-0.39, 0.29) is 5.91 Å². The molecule has 1 aromatic heterocycles. The molecule has 4 heterocycles. The summed E-state index contributed by atoms with van der Waals surface area (Å²) in [6, 6.07) is 6.83. The number of furan rings is 1. The van der Waals surface area contributed by atoms with Crippen LogP contribution in [-0.4, -0.2) is 80.1 Å². The Kier molecular flexibility index (Phi) is 8.65. The molecule has 2 aromatic rings. The van der Waals surface area contributed by atoms with E-state index in [1.807, 2.05) is 24.1 Å². The lowest BCUT2D eigenvalue weighted by Crippen LogP contribution is -2.40. The van der Waals surface area contributed by atoms with E-state index in [9.17, 15) is 14.4 Å². The number of ether oxygens (including phenoxy) is 1. The molecule has 5 rings (SSSR count). The van der Waals surface area contributed by atoms with Crippen LogP contribution in [0.5, 0.6) is 5.75 Å². The van der Waals surface area contributed by atoms with Crippen molar-refractivity contribution in [3.63, 3.8) is 0 Å². The van der Waals surface area contributed by atoms with Crippen molar-refractivity contribution < 1.29 is 28.4 Å². The lowest BCUT2D eigenvalue weighted by Gasteiger charge is -2.21. The summed E-state index contributed by atoms with van der Waals surface area (Å²) in [4.78, 5) is 45.1. The fourth-order valence-electron chi connectivity index (χ4n) is 4.67. The zero-order valence-corrected chi connectivity index (χ0v) is 23.7. The van der Waals surface area contributed by atoms with Crippen LogP contribution in [0.15, 0.2) is 47.1 Å². The van der Waals surface area contributed by atoms with Crippen LogP contribution in [0.2, 0.25) is 0 Å². The highest BCUT2D eigenvalue weighted by molar-refractivity contribution is 6.06. The predicted octanol–water partition coefficient (Wildman–Crippen LogP) is 3.02. The Morgan fingerprint density at radius 2 is 1.90 bits per heavy atom. The van der Waals surface area contributed by atoms with E-state index in [1.165, 1.54) is 0 Å². The van der Waals surface area contributed by atoms with Gasteiger partial charge in [-0.2, -0.15) is 0 Å². The predicted molar refractivity (Wildman–Crippen MR) is 149 cm³/mol. The first-order chi connectivity index (χ1) is 19.0. The normalized spacial score (nSPS) is 21.7. The molecule has 1 atom stereocenters. The smallest absolute Gasteiger partial charge is 0.322 e. The molecule has 1 unspecified atom stereocenters. The second-order valence-electron chi connectivity index (χ2n) is 10.3. The first-order valence-electron chi connectivity index (χ1n) is 13.2. The number of hydrogen-bond donors (Lipinski definition) is 2. The van der Waals surface area contributed by atoms with E-state index in [4.69, 9.17) is 14.0 Å². The summed E-state index contributed by atoms with van der Waals surface area (Å²) in [5.74, 6) is 1.87. The molecule has 214 valence electrons. The molecule has 3 aliphatic heterocycles. The number of urea groups is 1. The number of allylic oxidation sites excluding steroid dienone is 1. The van der Waals surface area contributed by atoms with Crippen LogP contribution in [0.4, 0.5) is 4.79 Å². The SMILES string of the molecule is C=C/C(=C\c1oc(C2(C)NC(=O)NC2=O)cc1C)ON1CCCN(C)CC1.COc1ccc2c(c1)C(=O)N(C)C2. The minimum atomic E-state index is -1.22. The van der Waals surface area contributed by atoms with Gasteiger partial charge >= 0.3 is 6.03 Å². The maximum absolute atomic E-state index is 12.1. The second-order valence-corrected chi connectivity index (χ2v) is 10.3. The Bertz CT molecular complexity index is 1330. The van der Waals surface area contributed by atoms with Crippen LogP contribution in [0.25, 0.3) is 6.08 Å². The van der Waals surface area contributed by atoms with Crippen molar-refractivity contribution in [3.05, 3.63) is 70.9 Å². The zero-order chi connectivity index (χ0) is 29.0. The van der Waals surface area contributed by atoms with Crippen molar-refractivity contribution in [3.8, 4) is 5.75 Å². The average molecular weight is 552 g/mol. The van der Waals surface area contributed by atoms with Gasteiger partial charge in [0.2, 0.25) is 0 Å². The number of hydroxylamine groups is 2. The van der Waals surface area contributed by atoms with Crippen LogP contribution in [0.1, 0.15) is 46.3 Å². The van der Waals surface area contributed by atoms with Gasteiger partial charge in [-0.1, -0.05) is 12.6 Å². The van der Waals surface area contributed by atoms with Gasteiger partial charge in [0.1, 0.15) is 17.3 Å². The van der Waals surface area contributed by atoms with Gasteiger partial charge in [-0.25, -0.2) is 4.79 Å². The number of carbonyl (C=O) groups is 3. The Morgan fingerprint density at radius 3 is 2.58 bits per heavy atom. The molecule has 0 saturated carbocycles. The fraction of sp³-hybridized carbons (Fsp3) is 0.414. The van der Waals surface area contributed by atoms with E-state index in [0.717, 1.165) is 55.0 Å². The number of amides is 4. The average Bonchev–Trinajstić information content (AvgIpc) is 3.46. The number of fused-ring (bicyclic) bond motifs is 1. The van der Waals surface area contributed by atoms with Crippen molar-refractivity contribution in [1.29, 1.82) is 0 Å². The summed E-state index contributed by atoms with van der Waals surface area (Å²) in [5, 5.41) is 6.76. The Hall–Kier alpha value is -4.09. The lowest BCUT2D eigenvalue weighted by molar-refractivity contribution is -0.124. The maximum atomic E-state index is 12.1. The summed E-state index contributed by atoms with van der Waals surface area (Å²) < 4.78 is 10.9. The summed E-state index contributed by atoms with van der Waals surface area (Å²) in [6.45, 7) is 11.6. The molecular formula is C29H37N5O6. The highest BCUT2D eigenvalue weighted by atomic mass is 16.7. The maximum Gasteiger partial charge on any atom is 0.322 e. The highest BCUT2D eigenvalue weighted by Crippen LogP contribution is 2.30. The van der Waals surface area contributed by atoms with Gasteiger partial charge in [0, 0.05) is 44.9 Å². The van der Waals surface area contributed by atoms with E-state index in [0.29, 0.717) is 23.8 Å². The first kappa shape index (κ1) is 28.9. The van der Waals surface area contributed by atoms with Gasteiger partial charge in [-0.3, -0.25) is 14.9 Å². The molecule has 2 N–H and O–H groups in total. The number of carbonyl (C=O) groups excluding carboxylic acids is 3. The third kappa shape index (κ3) is 6.21. The number of aryl methyl sites for hydroxylation is 1. The van der Waals surface area contributed by atoms with Gasteiger partial charge in [0.15, 0.2) is 11.3 Å². The molecule has 0 radical (unpaired) electrons. The number of hydrogen-bond acceptors (Lipinski definition) is 8. The molecule has 0 spiro atoms. The summed E-state index contributed by atoms with van der Waals surface area (Å²) in [5.41, 5.74) is 1.45. The Balaban J connectivity index is 0.000000236. The number of likely N-dealkylation sites (N-methyl/N-ethyl adjacent to an activating group) is 1. The molecule has 2 saturated heterocycles. The summed E-state index contributed by atoms with van der Waals surface area (Å²) >= 11 is 0. The molecule has 40 heavy (non-hydrogen) atoms. The summed E-state index contributed by atoms with van der Waals surface area (Å²) in [6.07, 6.45) is 4.40. The van der Waals surface area contributed by atoms with Crippen molar-refractivity contribution >= 4 is 23.9 Å². The third-order valence-corrected chi connectivity index (χ3v) is 7.18. The van der Waals surface area contributed by atoms with Crippen molar-refractivity contribution in [2.75, 3.05) is 47.4 Å². The van der Waals surface area contributed by atoms with E-state index < -0.39 is 17.5 Å². The lowest BCUT2D eigenvalue weighted by atomic mass is 9.99. The van der Waals surface area contributed by atoms with Crippen molar-refractivity contribution in [1.82, 2.24) is 25.5 Å². The molecule has 11 nitrogen and oxygen atoms in total. The number of imide groups is 1. The largest absolute Gasteiger partial charge is 0.497 e. The van der Waals surface area contributed by atoms with Crippen LogP contribution >= 0.6 is 0 Å². The zero-order valence-electron chi connectivity index (χ0n) is 23.7. The molecule has 3 aliphatic rings. The Morgan fingerprint density at radius 1 is 1.12 bits per heavy atom. The Labute approximate surface area is 234 Å². The van der Waals surface area contributed by atoms with Crippen LogP contribution in [-0.2, 0) is 21.7 Å². The number of methoxy groups -OCH3 is 1. The van der Waals surface area contributed by atoms with Gasteiger partial charge in [0.25, 0.3) is 11.8 Å². The van der Waals surface area contributed by atoms with Crippen LogP contribution in [0, 0.1) is 6.92 Å². The quantitative estimate of drug-likeness (QED) is 0.320. The molecule has 2 fully saturated rings. The van der Waals surface area contributed by atoms with Crippen LogP contribution in [0.3, 0.4) is 0 Å². The number of benzene rings is 1. The first-order valence-corrected chi connectivity index (χ1v) is 13.2. The molecule has 0 bridgehead atoms. The highest BCUT2D eigenvalue weighted by Gasteiger charge is 2.46. The van der Waals surface area contributed by atoms with E-state index in [1.54, 1.807) is 50.3 Å². The molecule has 1 aromatic carbocycles. The minimum Gasteiger partial charge on any atom is -0.497 e. The topological polar surface area (TPSA) is 117 Å². The second kappa shape index (κ2) is 12.0. The van der Waals surface area contributed by atoms with Gasteiger partial charge < -0.3 is 29.1 Å². The van der Waals surface area contributed by atoms with E-state index in [2.05, 4.69) is 29.2 Å². The van der Waals surface area contributed by atoms with Crippen LogP contribution < -0.4 is 15.4 Å². The molecule has 11 heteroatoms.